The zero-order valence-corrected chi connectivity index (χ0v) is 14.0. The van der Waals surface area contributed by atoms with Gasteiger partial charge in [-0.3, -0.25) is 4.79 Å². The summed E-state index contributed by atoms with van der Waals surface area (Å²) in [7, 11) is 1.63. The van der Waals surface area contributed by atoms with Crippen molar-refractivity contribution < 1.29 is 32.2 Å². The van der Waals surface area contributed by atoms with E-state index in [1.54, 1.807) is 19.2 Å². The minimum Gasteiger partial charge on any atom is -0.484 e. The van der Waals surface area contributed by atoms with E-state index in [0.29, 0.717) is 18.0 Å². The van der Waals surface area contributed by atoms with Crippen molar-refractivity contribution in [2.24, 2.45) is 0 Å². The van der Waals surface area contributed by atoms with Gasteiger partial charge in [-0.15, -0.1) is 13.2 Å². The number of carbonyl (C=O) groups is 1. The molecule has 1 N–H and O–H groups in total. The van der Waals surface area contributed by atoms with Gasteiger partial charge >= 0.3 is 6.36 Å². The molecule has 2 rings (SSSR count). The summed E-state index contributed by atoms with van der Waals surface area (Å²) in [5, 5.41) is 2.52. The molecule has 2 aromatic rings. The molecular weight excluding hydrogens is 351 g/mol. The largest absolute Gasteiger partial charge is 0.573 e. The minimum atomic E-state index is -4.75. The van der Waals surface area contributed by atoms with E-state index >= 15 is 0 Å². The van der Waals surface area contributed by atoms with Crippen molar-refractivity contribution in [1.82, 2.24) is 0 Å². The Morgan fingerprint density at radius 3 is 2.19 bits per heavy atom. The number of hydrogen-bond acceptors (Lipinski definition) is 4. The van der Waals surface area contributed by atoms with Gasteiger partial charge in [0.05, 0.1) is 6.61 Å². The fraction of sp³-hybridized carbons (Fsp3) is 0.278. The van der Waals surface area contributed by atoms with E-state index in [1.165, 1.54) is 12.1 Å². The first-order chi connectivity index (χ1) is 12.4. The average Bonchev–Trinajstić information content (AvgIpc) is 2.59. The first-order valence-electron chi connectivity index (χ1n) is 7.72. The first-order valence-corrected chi connectivity index (χ1v) is 7.72. The van der Waals surface area contributed by atoms with Crippen molar-refractivity contribution in [3.8, 4) is 11.5 Å². The third kappa shape index (κ3) is 7.02. The van der Waals surface area contributed by atoms with Crippen molar-refractivity contribution in [1.29, 1.82) is 0 Å². The third-order valence-electron chi connectivity index (χ3n) is 3.26. The predicted molar refractivity (Wildman–Crippen MR) is 89.3 cm³/mol. The molecule has 0 aliphatic carbocycles. The van der Waals surface area contributed by atoms with E-state index in [4.69, 9.17) is 9.47 Å². The van der Waals surface area contributed by atoms with Crippen molar-refractivity contribution in [2.75, 3.05) is 25.6 Å². The van der Waals surface area contributed by atoms with Crippen LogP contribution < -0.4 is 14.8 Å². The van der Waals surface area contributed by atoms with Gasteiger partial charge in [0.25, 0.3) is 5.91 Å². The summed E-state index contributed by atoms with van der Waals surface area (Å²) in [6.45, 7) is 0.396. The Hall–Kier alpha value is -2.74. The van der Waals surface area contributed by atoms with Gasteiger partial charge in [-0.05, 0) is 48.4 Å². The topological polar surface area (TPSA) is 56.8 Å². The molecule has 0 aliphatic rings. The van der Waals surface area contributed by atoms with Crippen LogP contribution in [0.4, 0.5) is 18.9 Å². The number of hydrogen-bond donors (Lipinski definition) is 1. The molecule has 8 heteroatoms. The number of halogens is 3. The molecule has 0 aromatic heterocycles. The minimum absolute atomic E-state index is 0.224. The Morgan fingerprint density at radius 2 is 1.62 bits per heavy atom. The maximum atomic E-state index is 12.1. The van der Waals surface area contributed by atoms with Crippen LogP contribution in [0, 0.1) is 0 Å². The highest BCUT2D eigenvalue weighted by Crippen LogP contribution is 2.24. The van der Waals surface area contributed by atoms with Crippen LogP contribution in [-0.4, -0.2) is 32.6 Å². The standard InChI is InChI=1S/C18H18F3NO4/c1-24-11-10-13-2-6-15(7-3-13)25-12-17(23)22-14-4-8-16(9-5-14)26-18(19,20)21/h2-9H,10-12H2,1H3,(H,22,23). The van der Waals surface area contributed by atoms with Crippen molar-refractivity contribution in [3.63, 3.8) is 0 Å². The van der Waals surface area contributed by atoms with Gasteiger partial charge in [0, 0.05) is 12.8 Å². The maximum Gasteiger partial charge on any atom is 0.573 e. The molecule has 1 amide bonds. The second kappa shape index (κ2) is 9.10. The second-order valence-electron chi connectivity index (χ2n) is 5.30. The Morgan fingerprint density at radius 1 is 1.00 bits per heavy atom. The van der Waals surface area contributed by atoms with Gasteiger partial charge in [0.2, 0.25) is 0 Å². The SMILES string of the molecule is COCCc1ccc(OCC(=O)Nc2ccc(OC(F)(F)F)cc2)cc1. The summed E-state index contributed by atoms with van der Waals surface area (Å²) >= 11 is 0. The Kier molecular flexibility index (Phi) is 6.85. The van der Waals surface area contributed by atoms with E-state index in [9.17, 15) is 18.0 Å². The Labute approximate surface area is 148 Å². The van der Waals surface area contributed by atoms with Crippen LogP contribution in [0.2, 0.25) is 0 Å². The Balaban J connectivity index is 1.79. The smallest absolute Gasteiger partial charge is 0.484 e. The van der Waals surface area contributed by atoms with Crippen LogP contribution in [0.3, 0.4) is 0 Å². The lowest BCUT2D eigenvalue weighted by molar-refractivity contribution is -0.274. The number of anilines is 1. The van der Waals surface area contributed by atoms with Crippen LogP contribution in [-0.2, 0) is 16.0 Å². The average molecular weight is 369 g/mol. The highest BCUT2D eigenvalue weighted by Gasteiger charge is 2.30. The molecule has 0 saturated heterocycles. The van der Waals surface area contributed by atoms with Gasteiger partial charge in [-0.2, -0.15) is 0 Å². The third-order valence-corrected chi connectivity index (χ3v) is 3.26. The molecule has 0 saturated carbocycles. The molecule has 0 heterocycles. The molecule has 0 fully saturated rings. The molecular formula is C18H18F3NO4. The fourth-order valence-electron chi connectivity index (χ4n) is 2.06. The number of alkyl halides is 3. The van der Waals surface area contributed by atoms with Crippen LogP contribution in [0.1, 0.15) is 5.56 Å². The van der Waals surface area contributed by atoms with Crippen LogP contribution in [0.25, 0.3) is 0 Å². The van der Waals surface area contributed by atoms with Crippen LogP contribution in [0.15, 0.2) is 48.5 Å². The number of benzene rings is 2. The second-order valence-corrected chi connectivity index (χ2v) is 5.30. The zero-order chi connectivity index (χ0) is 19.0. The molecule has 26 heavy (non-hydrogen) atoms. The molecule has 0 radical (unpaired) electrons. The van der Waals surface area contributed by atoms with Gasteiger partial charge in [0.1, 0.15) is 11.5 Å². The summed E-state index contributed by atoms with van der Waals surface area (Å²) in [6.07, 6.45) is -3.97. The number of carbonyl (C=O) groups excluding carboxylic acids is 1. The molecule has 0 spiro atoms. The predicted octanol–water partition coefficient (Wildman–Crippen LogP) is 3.79. The van der Waals surface area contributed by atoms with Gasteiger partial charge in [0.15, 0.2) is 6.61 Å². The lowest BCUT2D eigenvalue weighted by atomic mass is 10.1. The van der Waals surface area contributed by atoms with Gasteiger partial charge in [-0.1, -0.05) is 12.1 Å². The maximum absolute atomic E-state index is 12.1. The van der Waals surface area contributed by atoms with Crippen LogP contribution >= 0.6 is 0 Å². The molecule has 0 unspecified atom stereocenters. The lowest BCUT2D eigenvalue weighted by Crippen LogP contribution is -2.20. The van der Waals surface area contributed by atoms with E-state index in [2.05, 4.69) is 10.1 Å². The summed E-state index contributed by atoms with van der Waals surface area (Å²) in [4.78, 5) is 11.8. The van der Waals surface area contributed by atoms with Gasteiger partial charge < -0.3 is 19.5 Å². The fourth-order valence-corrected chi connectivity index (χ4v) is 2.06. The summed E-state index contributed by atoms with van der Waals surface area (Å²) < 4.78 is 50.4. The lowest BCUT2D eigenvalue weighted by Gasteiger charge is -2.10. The van der Waals surface area contributed by atoms with E-state index in [1.807, 2.05) is 12.1 Å². The number of nitrogens with one attached hydrogen (secondary N) is 1. The Bertz CT molecular complexity index is 700. The van der Waals surface area contributed by atoms with E-state index in [-0.39, 0.29) is 12.4 Å². The normalized spacial score (nSPS) is 11.1. The van der Waals surface area contributed by atoms with Crippen molar-refractivity contribution in [3.05, 3.63) is 54.1 Å². The highest BCUT2D eigenvalue weighted by molar-refractivity contribution is 5.91. The number of amides is 1. The monoisotopic (exact) mass is 369 g/mol. The number of methoxy groups -OCH3 is 1. The summed E-state index contributed by atoms with van der Waals surface area (Å²) in [6, 6.07) is 12.1. The molecule has 0 atom stereocenters. The van der Waals surface area contributed by atoms with E-state index in [0.717, 1.165) is 24.1 Å². The summed E-state index contributed by atoms with van der Waals surface area (Å²) in [5.41, 5.74) is 1.42. The quantitative estimate of drug-likeness (QED) is 0.769. The molecule has 5 nitrogen and oxygen atoms in total. The highest BCUT2D eigenvalue weighted by atomic mass is 19.4. The first kappa shape index (κ1) is 19.6. The molecule has 2 aromatic carbocycles. The van der Waals surface area contributed by atoms with Crippen molar-refractivity contribution in [2.45, 2.75) is 12.8 Å². The van der Waals surface area contributed by atoms with Crippen LogP contribution in [0.5, 0.6) is 11.5 Å². The number of ether oxygens (including phenoxy) is 3. The molecule has 0 bridgehead atoms. The van der Waals surface area contributed by atoms with Crippen molar-refractivity contribution >= 4 is 11.6 Å². The summed E-state index contributed by atoms with van der Waals surface area (Å²) in [5.74, 6) is -0.256. The molecule has 140 valence electrons. The van der Waals surface area contributed by atoms with Gasteiger partial charge in [-0.25, -0.2) is 0 Å². The van der Waals surface area contributed by atoms with E-state index < -0.39 is 12.3 Å². The zero-order valence-electron chi connectivity index (χ0n) is 14.0. The molecule has 0 aliphatic heterocycles. The number of rotatable bonds is 8.